The Morgan fingerprint density at radius 1 is 0.692 bits per heavy atom. The lowest BCUT2D eigenvalue weighted by Gasteiger charge is -1.52. The van der Waals surface area contributed by atoms with Gasteiger partial charge in [-0.1, -0.05) is 20.8 Å². The highest BCUT2D eigenvalue weighted by Gasteiger charge is 1.44. The molecule has 0 aliphatic carbocycles. The summed E-state index contributed by atoms with van der Waals surface area (Å²) in [4.78, 5) is 0. The van der Waals surface area contributed by atoms with Gasteiger partial charge in [-0.05, 0) is 0 Å². The third kappa shape index (κ3) is 227. The van der Waals surface area contributed by atoms with Crippen LogP contribution in [0.4, 0.5) is 0 Å². The van der Waals surface area contributed by atoms with Crippen LogP contribution < -0.4 is 0 Å². The average molecular weight is 199 g/mol. The Kier molecular flexibility index (Phi) is 77.0. The zero-order valence-electron chi connectivity index (χ0n) is 8.76. The number of rotatable bonds is 0. The van der Waals surface area contributed by atoms with Crippen LogP contribution in [-0.2, 0) is 0 Å². The highest BCUT2D eigenvalue weighted by atomic mass is 35.5. The van der Waals surface area contributed by atoms with E-state index in [1.165, 1.54) is 0 Å². The standard InChI is InChI=1S/3C4H6.ClH/c3*1-3-4-2;/h3*1H,4H2,2H3;1H. The molecule has 0 N–H and O–H groups in total. The van der Waals surface area contributed by atoms with Gasteiger partial charge in [-0.2, -0.15) is 0 Å². The molecule has 0 aliphatic rings. The van der Waals surface area contributed by atoms with Gasteiger partial charge in [-0.15, -0.1) is 49.4 Å². The molecule has 0 aliphatic heterocycles. The molecule has 74 valence electrons. The van der Waals surface area contributed by atoms with Crippen molar-refractivity contribution in [3.8, 4) is 37.0 Å². The Balaban J connectivity index is -0.0000000450. The summed E-state index contributed by atoms with van der Waals surface area (Å²) in [5, 5.41) is 0. The van der Waals surface area contributed by atoms with Crippen LogP contribution in [0.3, 0.4) is 0 Å². The molecule has 1 heteroatoms. The smallest absolute Gasteiger partial charge is 0.00576 e. The van der Waals surface area contributed by atoms with Crippen LogP contribution in [0.15, 0.2) is 0 Å². The molecular weight excluding hydrogens is 180 g/mol. The van der Waals surface area contributed by atoms with E-state index in [1.807, 2.05) is 20.8 Å². The fourth-order valence-electron chi connectivity index (χ4n) is 0. The molecule has 0 radical (unpaired) electrons. The SMILES string of the molecule is C#CCC.C#CCC.C#CCC.Cl. The van der Waals surface area contributed by atoms with Gasteiger partial charge in [0.25, 0.3) is 0 Å². The summed E-state index contributed by atoms with van der Waals surface area (Å²) in [6.07, 6.45) is 16.9. The van der Waals surface area contributed by atoms with Crippen LogP contribution in [0.5, 0.6) is 0 Å². The van der Waals surface area contributed by atoms with Crippen LogP contribution in [0.1, 0.15) is 40.0 Å². The maximum absolute atomic E-state index is 4.78. The largest absolute Gasteiger partial charge is 0.147 e. The van der Waals surface area contributed by atoms with Crippen LogP contribution in [0.2, 0.25) is 0 Å². The van der Waals surface area contributed by atoms with Crippen molar-refractivity contribution in [1.82, 2.24) is 0 Å². The van der Waals surface area contributed by atoms with Crippen molar-refractivity contribution in [3.05, 3.63) is 0 Å². The monoisotopic (exact) mass is 198 g/mol. The van der Waals surface area contributed by atoms with Gasteiger partial charge in [0.2, 0.25) is 0 Å². The minimum absolute atomic E-state index is 0. The summed E-state index contributed by atoms with van der Waals surface area (Å²) in [7, 11) is 0. The van der Waals surface area contributed by atoms with E-state index < -0.39 is 0 Å². The molecule has 0 aromatic rings. The Bertz CT molecular complexity index is 128. The lowest BCUT2D eigenvalue weighted by molar-refractivity contribution is 1.28. The van der Waals surface area contributed by atoms with Crippen molar-refractivity contribution in [2.24, 2.45) is 0 Å². The number of halogens is 1. The van der Waals surface area contributed by atoms with Crippen molar-refractivity contribution in [3.63, 3.8) is 0 Å². The molecule has 0 unspecified atom stereocenters. The quantitative estimate of drug-likeness (QED) is 0.523. The van der Waals surface area contributed by atoms with Gasteiger partial charge in [0, 0.05) is 19.3 Å². The summed E-state index contributed by atoms with van der Waals surface area (Å²) < 4.78 is 0. The van der Waals surface area contributed by atoms with E-state index in [-0.39, 0.29) is 12.4 Å². The number of hydrogen-bond donors (Lipinski definition) is 0. The molecule has 13 heavy (non-hydrogen) atoms. The maximum atomic E-state index is 4.78. The second-order valence-electron chi connectivity index (χ2n) is 1.67. The molecule has 0 aromatic carbocycles. The molecule has 0 bridgehead atoms. The lowest BCUT2D eigenvalue weighted by Crippen LogP contribution is -1.38. The van der Waals surface area contributed by atoms with Gasteiger partial charge in [-0.25, -0.2) is 0 Å². The van der Waals surface area contributed by atoms with Crippen molar-refractivity contribution in [2.75, 3.05) is 0 Å². The maximum Gasteiger partial charge on any atom is 0.00576 e. The average Bonchev–Trinajstić information content (AvgIpc) is 2.18. The molecule has 0 fully saturated rings. The molecule has 0 amide bonds. The van der Waals surface area contributed by atoms with Gasteiger partial charge in [0.05, 0.1) is 0 Å². The van der Waals surface area contributed by atoms with E-state index in [1.54, 1.807) is 0 Å². The Morgan fingerprint density at radius 3 is 0.769 bits per heavy atom. The van der Waals surface area contributed by atoms with Crippen LogP contribution in [0, 0.1) is 37.0 Å². The molecule has 0 aromatic heterocycles. The number of terminal acetylenes is 3. The first-order valence-electron chi connectivity index (χ1n) is 4.05. The lowest BCUT2D eigenvalue weighted by atomic mass is 10.5. The van der Waals surface area contributed by atoms with E-state index in [4.69, 9.17) is 19.3 Å². The summed E-state index contributed by atoms with van der Waals surface area (Å²) in [6, 6.07) is 0. The van der Waals surface area contributed by atoms with E-state index in [9.17, 15) is 0 Å². The predicted molar refractivity (Wildman–Crippen MR) is 64.6 cm³/mol. The van der Waals surface area contributed by atoms with Crippen molar-refractivity contribution in [2.45, 2.75) is 40.0 Å². The predicted octanol–water partition coefficient (Wildman–Crippen LogP) is 3.51. The minimum Gasteiger partial charge on any atom is -0.147 e. The van der Waals surface area contributed by atoms with Gasteiger partial charge in [0.1, 0.15) is 0 Å². The normalized spacial score (nSPS) is 4.62. The van der Waals surface area contributed by atoms with E-state index >= 15 is 0 Å². The fraction of sp³-hybridized carbons (Fsp3) is 0.500. The van der Waals surface area contributed by atoms with E-state index in [0.29, 0.717) is 0 Å². The fourth-order valence-corrected chi connectivity index (χ4v) is 0. The first kappa shape index (κ1) is 22.7. The first-order valence-corrected chi connectivity index (χ1v) is 4.05. The molecule has 0 atom stereocenters. The second-order valence-corrected chi connectivity index (χ2v) is 1.67. The van der Waals surface area contributed by atoms with Crippen molar-refractivity contribution >= 4 is 12.4 Å². The van der Waals surface area contributed by atoms with Gasteiger partial charge in [0.15, 0.2) is 0 Å². The summed E-state index contributed by atoms with van der Waals surface area (Å²) in [5.74, 6) is 7.29. The first-order chi connectivity index (χ1) is 5.74. The van der Waals surface area contributed by atoms with Gasteiger partial charge < -0.3 is 0 Å². The second kappa shape index (κ2) is 44.1. The Labute approximate surface area is 89.9 Å². The molecular formula is C12H19Cl. The highest BCUT2D eigenvalue weighted by Crippen LogP contribution is 1.58. The van der Waals surface area contributed by atoms with E-state index in [2.05, 4.69) is 17.8 Å². The molecule has 0 heterocycles. The van der Waals surface area contributed by atoms with Gasteiger partial charge in [-0.3, -0.25) is 0 Å². The third-order valence-corrected chi connectivity index (χ3v) is 0.612. The van der Waals surface area contributed by atoms with Crippen LogP contribution >= 0.6 is 12.4 Å². The van der Waals surface area contributed by atoms with E-state index in [0.717, 1.165) is 19.3 Å². The molecule has 0 rings (SSSR count). The topological polar surface area (TPSA) is 0 Å². The third-order valence-electron chi connectivity index (χ3n) is 0.612. The molecule has 0 saturated heterocycles. The molecule has 0 nitrogen and oxygen atoms in total. The zero-order valence-corrected chi connectivity index (χ0v) is 9.58. The minimum atomic E-state index is 0. The zero-order chi connectivity index (χ0) is 10.2. The van der Waals surface area contributed by atoms with Gasteiger partial charge >= 0.3 is 0 Å². The molecule has 0 spiro atoms. The highest BCUT2D eigenvalue weighted by molar-refractivity contribution is 5.85. The Hall–Kier alpha value is -1.03. The van der Waals surface area contributed by atoms with Crippen LogP contribution in [-0.4, -0.2) is 0 Å². The van der Waals surface area contributed by atoms with Crippen LogP contribution in [0.25, 0.3) is 0 Å². The van der Waals surface area contributed by atoms with Crippen molar-refractivity contribution in [1.29, 1.82) is 0 Å². The van der Waals surface area contributed by atoms with Crippen molar-refractivity contribution < 1.29 is 0 Å². The molecule has 0 saturated carbocycles. The summed E-state index contributed by atoms with van der Waals surface area (Å²) in [6.45, 7) is 5.83. The number of hydrogen-bond acceptors (Lipinski definition) is 0. The summed E-state index contributed by atoms with van der Waals surface area (Å²) in [5.41, 5.74) is 0. The Morgan fingerprint density at radius 2 is 0.769 bits per heavy atom. The summed E-state index contributed by atoms with van der Waals surface area (Å²) >= 11 is 0.